The number of aromatic hydroxyl groups is 2. The fourth-order valence-corrected chi connectivity index (χ4v) is 2.64. The van der Waals surface area contributed by atoms with Crippen molar-refractivity contribution in [3.8, 4) is 11.5 Å². The molecule has 0 saturated heterocycles. The van der Waals surface area contributed by atoms with Crippen molar-refractivity contribution in [2.75, 3.05) is 5.32 Å². The lowest BCUT2D eigenvalue weighted by Gasteiger charge is -2.07. The average molecular weight is 410 g/mol. The zero-order valence-electron chi connectivity index (χ0n) is 15.0. The summed E-state index contributed by atoms with van der Waals surface area (Å²) >= 11 is 6.01. The maximum Gasteiger partial charge on any atom is 0.271 e. The summed E-state index contributed by atoms with van der Waals surface area (Å²) in [5.41, 5.74) is 3.85. The van der Waals surface area contributed by atoms with E-state index < -0.39 is 5.91 Å². The molecule has 3 aromatic rings. The van der Waals surface area contributed by atoms with Gasteiger partial charge in [0.15, 0.2) is 0 Å². The van der Waals surface area contributed by atoms with Gasteiger partial charge in [-0.15, -0.1) is 0 Å². The number of halogens is 1. The lowest BCUT2D eigenvalue weighted by Crippen LogP contribution is -2.18. The molecule has 0 aromatic heterocycles. The van der Waals surface area contributed by atoms with Crippen molar-refractivity contribution in [2.24, 2.45) is 5.10 Å². The predicted octanol–water partition coefficient (Wildman–Crippen LogP) is 3.77. The van der Waals surface area contributed by atoms with Crippen LogP contribution in [-0.4, -0.2) is 28.2 Å². The number of carbonyl (C=O) groups excluding carboxylic acids is 2. The van der Waals surface area contributed by atoms with E-state index in [1.807, 2.05) is 0 Å². The maximum atomic E-state index is 12.2. The molecule has 0 fully saturated rings. The number of hydrogen-bond acceptors (Lipinski definition) is 5. The largest absolute Gasteiger partial charge is 0.508 e. The SMILES string of the molecule is O=C(NN=Cc1ccc(O)cc1O)c1ccc(NC(=O)c2ccccc2Cl)cc1. The first-order chi connectivity index (χ1) is 13.9. The van der Waals surface area contributed by atoms with Crippen LogP contribution < -0.4 is 10.7 Å². The van der Waals surface area contributed by atoms with Crippen LogP contribution in [0.3, 0.4) is 0 Å². The summed E-state index contributed by atoms with van der Waals surface area (Å²) in [6.07, 6.45) is 1.25. The molecule has 4 N–H and O–H groups in total. The minimum Gasteiger partial charge on any atom is -0.508 e. The van der Waals surface area contributed by atoms with Crippen molar-refractivity contribution < 1.29 is 19.8 Å². The minimum absolute atomic E-state index is 0.0783. The smallest absolute Gasteiger partial charge is 0.271 e. The maximum absolute atomic E-state index is 12.2. The van der Waals surface area contributed by atoms with Crippen molar-refractivity contribution in [1.82, 2.24) is 5.43 Å². The van der Waals surface area contributed by atoms with Crippen LogP contribution in [0.25, 0.3) is 0 Å². The van der Waals surface area contributed by atoms with Gasteiger partial charge < -0.3 is 15.5 Å². The summed E-state index contributed by atoms with van der Waals surface area (Å²) in [6, 6.07) is 16.9. The van der Waals surface area contributed by atoms with Gasteiger partial charge in [0.1, 0.15) is 11.5 Å². The molecule has 0 atom stereocenters. The number of hydrogen-bond donors (Lipinski definition) is 4. The molecule has 0 bridgehead atoms. The Kier molecular flexibility index (Phi) is 6.11. The number of amides is 2. The van der Waals surface area contributed by atoms with Gasteiger partial charge in [-0.25, -0.2) is 5.43 Å². The molecule has 8 heteroatoms. The van der Waals surface area contributed by atoms with Crippen LogP contribution in [0.5, 0.6) is 11.5 Å². The van der Waals surface area contributed by atoms with Crippen LogP contribution in [0.1, 0.15) is 26.3 Å². The highest BCUT2D eigenvalue weighted by molar-refractivity contribution is 6.34. The number of benzene rings is 3. The van der Waals surface area contributed by atoms with E-state index in [2.05, 4.69) is 15.8 Å². The first-order valence-electron chi connectivity index (χ1n) is 8.45. The summed E-state index contributed by atoms with van der Waals surface area (Å²) in [5.74, 6) is -1.07. The second kappa shape index (κ2) is 8.90. The van der Waals surface area contributed by atoms with Crippen LogP contribution >= 0.6 is 11.6 Å². The molecule has 0 radical (unpaired) electrons. The standard InChI is InChI=1S/C21H16ClN3O4/c22-18-4-2-1-3-17(18)21(29)24-15-8-5-13(6-9-15)20(28)25-23-12-14-7-10-16(26)11-19(14)27/h1-12,26-27H,(H,24,29)(H,25,28). The third-order valence-corrected chi connectivity index (χ3v) is 4.24. The highest BCUT2D eigenvalue weighted by Crippen LogP contribution is 2.21. The molecule has 0 spiro atoms. The fourth-order valence-electron chi connectivity index (χ4n) is 2.41. The normalized spacial score (nSPS) is 10.7. The van der Waals surface area contributed by atoms with E-state index >= 15 is 0 Å². The van der Waals surface area contributed by atoms with E-state index in [9.17, 15) is 19.8 Å². The molecule has 0 saturated carbocycles. The van der Waals surface area contributed by atoms with Crippen LogP contribution in [0.15, 0.2) is 71.8 Å². The van der Waals surface area contributed by atoms with Gasteiger partial charge in [-0.05, 0) is 48.5 Å². The molecule has 146 valence electrons. The lowest BCUT2D eigenvalue weighted by molar-refractivity contribution is 0.0954. The lowest BCUT2D eigenvalue weighted by atomic mass is 10.1. The molecule has 3 rings (SSSR count). The van der Waals surface area contributed by atoms with Gasteiger partial charge in [-0.2, -0.15) is 5.10 Å². The minimum atomic E-state index is -0.469. The van der Waals surface area contributed by atoms with Crippen molar-refractivity contribution >= 4 is 35.3 Å². The quantitative estimate of drug-likeness (QED) is 0.379. The van der Waals surface area contributed by atoms with Gasteiger partial charge in [0.2, 0.25) is 0 Å². The second-order valence-corrected chi connectivity index (χ2v) is 6.36. The first kappa shape index (κ1) is 19.9. The highest BCUT2D eigenvalue weighted by Gasteiger charge is 2.10. The van der Waals surface area contributed by atoms with Gasteiger partial charge >= 0.3 is 0 Å². The topological polar surface area (TPSA) is 111 Å². The van der Waals surface area contributed by atoms with Crippen LogP contribution in [0.4, 0.5) is 5.69 Å². The summed E-state index contributed by atoms with van der Waals surface area (Å²) < 4.78 is 0. The molecule has 0 heterocycles. The summed E-state index contributed by atoms with van der Waals surface area (Å²) in [4.78, 5) is 24.4. The molecule has 2 amide bonds. The van der Waals surface area contributed by atoms with Gasteiger partial charge in [0, 0.05) is 22.9 Å². The van der Waals surface area contributed by atoms with Crippen molar-refractivity contribution in [2.45, 2.75) is 0 Å². The fraction of sp³-hybridized carbons (Fsp3) is 0. The summed E-state index contributed by atoms with van der Waals surface area (Å²) in [6.45, 7) is 0. The summed E-state index contributed by atoms with van der Waals surface area (Å²) in [5, 5.41) is 25.7. The molecule has 0 aliphatic carbocycles. The highest BCUT2D eigenvalue weighted by atomic mass is 35.5. The summed E-state index contributed by atoms with van der Waals surface area (Å²) in [7, 11) is 0. The Balaban J connectivity index is 1.60. The molecule has 3 aromatic carbocycles. The van der Waals surface area contributed by atoms with E-state index in [1.165, 1.54) is 36.5 Å². The Morgan fingerprint density at radius 2 is 1.66 bits per heavy atom. The van der Waals surface area contributed by atoms with E-state index in [-0.39, 0.29) is 17.4 Å². The molecule has 0 unspecified atom stereocenters. The zero-order valence-corrected chi connectivity index (χ0v) is 15.7. The predicted molar refractivity (Wildman–Crippen MR) is 111 cm³/mol. The number of nitrogens with one attached hydrogen (secondary N) is 2. The van der Waals surface area contributed by atoms with Crippen molar-refractivity contribution in [3.05, 3.63) is 88.4 Å². The average Bonchev–Trinajstić information content (AvgIpc) is 2.70. The third kappa shape index (κ3) is 5.12. The molecule has 29 heavy (non-hydrogen) atoms. The molecular weight excluding hydrogens is 394 g/mol. The van der Waals surface area contributed by atoms with Crippen LogP contribution in [0, 0.1) is 0 Å². The Hall–Kier alpha value is -3.84. The molecule has 0 aliphatic heterocycles. The van der Waals surface area contributed by atoms with Gasteiger partial charge in [0.05, 0.1) is 16.8 Å². The van der Waals surface area contributed by atoms with Crippen molar-refractivity contribution in [3.63, 3.8) is 0 Å². The van der Waals surface area contributed by atoms with E-state index in [4.69, 9.17) is 11.6 Å². The first-order valence-corrected chi connectivity index (χ1v) is 8.83. The zero-order chi connectivity index (χ0) is 20.8. The van der Waals surface area contributed by atoms with Gasteiger partial charge in [-0.3, -0.25) is 9.59 Å². The van der Waals surface area contributed by atoms with Gasteiger partial charge in [0.25, 0.3) is 11.8 Å². The van der Waals surface area contributed by atoms with Crippen LogP contribution in [0.2, 0.25) is 5.02 Å². The second-order valence-electron chi connectivity index (χ2n) is 5.95. The van der Waals surface area contributed by atoms with Crippen LogP contribution in [-0.2, 0) is 0 Å². The Labute approximate surface area is 171 Å². The number of carbonyl (C=O) groups is 2. The number of rotatable bonds is 5. The number of phenolic OH excluding ortho intramolecular Hbond substituents is 2. The van der Waals surface area contributed by atoms with E-state index in [0.29, 0.717) is 27.4 Å². The number of nitrogens with zero attached hydrogens (tertiary/aromatic N) is 1. The number of hydrazone groups is 1. The van der Waals surface area contributed by atoms with Gasteiger partial charge in [-0.1, -0.05) is 23.7 Å². The molecule has 0 aliphatic rings. The Morgan fingerprint density at radius 1 is 0.931 bits per heavy atom. The number of anilines is 1. The monoisotopic (exact) mass is 409 g/mol. The molecular formula is C21H16ClN3O4. The van der Waals surface area contributed by atoms with E-state index in [1.54, 1.807) is 36.4 Å². The van der Waals surface area contributed by atoms with Crippen molar-refractivity contribution in [1.29, 1.82) is 0 Å². The number of phenols is 2. The Bertz CT molecular complexity index is 1080. The molecule has 7 nitrogen and oxygen atoms in total. The third-order valence-electron chi connectivity index (χ3n) is 3.91. The van der Waals surface area contributed by atoms with E-state index in [0.717, 1.165) is 0 Å². The Morgan fingerprint density at radius 3 is 2.34 bits per heavy atom.